The maximum Gasteiger partial charge on any atom is 0.272 e. The number of nitrogens with zero attached hydrogens (tertiary/aromatic N) is 3. The number of aryl methyl sites for hydroxylation is 1. The minimum atomic E-state index is -0.198. The van der Waals surface area contributed by atoms with Gasteiger partial charge in [0.25, 0.3) is 5.91 Å². The number of pyridine rings is 1. The normalized spacial score (nSPS) is 14.8. The van der Waals surface area contributed by atoms with Crippen molar-refractivity contribution in [2.75, 3.05) is 37.8 Å². The fourth-order valence-electron chi connectivity index (χ4n) is 6.11. The topological polar surface area (TPSA) is 97.4 Å². The molecule has 0 bridgehead atoms. The molecule has 0 atom stereocenters. The Morgan fingerprint density at radius 3 is 2.73 bits per heavy atom. The minimum absolute atomic E-state index is 0.198. The number of amides is 1. The molecule has 5 aromatic rings. The number of ether oxygens (including phenoxy) is 1. The van der Waals surface area contributed by atoms with Crippen LogP contribution in [0.1, 0.15) is 42.7 Å². The number of nitrogens with one attached hydrogen (secondary N) is 2. The van der Waals surface area contributed by atoms with E-state index >= 15 is 0 Å². The number of methoxy groups -OCH3 is 1. The van der Waals surface area contributed by atoms with Crippen LogP contribution in [0.4, 0.5) is 11.5 Å². The highest BCUT2D eigenvalue weighted by Crippen LogP contribution is 2.41. The number of hydrogen-bond donors (Lipinski definition) is 3. The number of carbonyl (C=O) groups is 1. The number of anilines is 2. The summed E-state index contributed by atoms with van der Waals surface area (Å²) in [5, 5.41) is 10.8. The van der Waals surface area contributed by atoms with Crippen molar-refractivity contribution in [3.05, 3.63) is 77.4 Å². The molecule has 2 aromatic carbocycles. The van der Waals surface area contributed by atoms with E-state index in [1.54, 1.807) is 18.4 Å². The van der Waals surface area contributed by atoms with Gasteiger partial charge in [-0.15, -0.1) is 11.3 Å². The smallest absolute Gasteiger partial charge is 0.272 e. The van der Waals surface area contributed by atoms with Gasteiger partial charge in [0.2, 0.25) is 0 Å². The van der Waals surface area contributed by atoms with Crippen molar-refractivity contribution in [3.63, 3.8) is 0 Å². The summed E-state index contributed by atoms with van der Waals surface area (Å²) in [5.74, 6) is 0.869. The predicted octanol–water partition coefficient (Wildman–Crippen LogP) is 6.77. The molecule has 1 saturated heterocycles. The Kier molecular flexibility index (Phi) is 8.70. The molecule has 1 aliphatic heterocycles. The van der Waals surface area contributed by atoms with Crippen molar-refractivity contribution in [3.8, 4) is 16.9 Å². The summed E-state index contributed by atoms with van der Waals surface area (Å²) >= 11 is 1.66. The molecule has 9 heteroatoms. The van der Waals surface area contributed by atoms with Gasteiger partial charge in [0.05, 0.1) is 12.8 Å². The Balaban J connectivity index is 1.19. The Morgan fingerprint density at radius 2 is 1.98 bits per heavy atom. The van der Waals surface area contributed by atoms with Crippen molar-refractivity contribution in [1.82, 2.24) is 19.8 Å². The van der Waals surface area contributed by atoms with Gasteiger partial charge in [0, 0.05) is 64.0 Å². The number of nitrogens with two attached hydrogens (primary N) is 1. The molecule has 0 spiro atoms. The van der Waals surface area contributed by atoms with Gasteiger partial charge in [-0.2, -0.15) is 0 Å². The van der Waals surface area contributed by atoms with Crippen LogP contribution in [0, 0.1) is 0 Å². The van der Waals surface area contributed by atoms with Crippen LogP contribution in [0.3, 0.4) is 0 Å². The van der Waals surface area contributed by atoms with Gasteiger partial charge >= 0.3 is 0 Å². The molecule has 3 aromatic heterocycles. The zero-order valence-electron chi connectivity index (χ0n) is 25.8. The van der Waals surface area contributed by atoms with Gasteiger partial charge in [0.15, 0.2) is 0 Å². The maximum atomic E-state index is 13.3. The number of carbonyl (C=O) groups excluding carboxylic acids is 1. The number of benzene rings is 2. The summed E-state index contributed by atoms with van der Waals surface area (Å²) in [5.41, 5.74) is 11.6. The zero-order chi connectivity index (χ0) is 30.8. The summed E-state index contributed by atoms with van der Waals surface area (Å²) < 4.78 is 8.72. The van der Waals surface area contributed by atoms with Gasteiger partial charge < -0.3 is 30.6 Å². The number of aromatic nitrogens is 2. The molecule has 1 amide bonds. The van der Waals surface area contributed by atoms with Gasteiger partial charge in [-0.05, 0) is 75.0 Å². The summed E-state index contributed by atoms with van der Waals surface area (Å²) in [6.07, 6.45) is 8.53. The Hall–Kier alpha value is -4.18. The SMILES string of the molecule is COc1cc(-c2csc3c(C=CCNC4CCN(C(C)C)CC4)cnc(N)c23)ccc1NC(=O)c1cc2ccccc2n1C. The molecule has 0 aliphatic carbocycles. The fraction of sp³-hybridized carbons (Fsp3) is 0.314. The quantitative estimate of drug-likeness (QED) is 0.171. The molecule has 1 fully saturated rings. The van der Waals surface area contributed by atoms with Crippen LogP contribution in [0.2, 0.25) is 0 Å². The van der Waals surface area contributed by atoms with Crippen LogP contribution in [-0.4, -0.2) is 59.2 Å². The summed E-state index contributed by atoms with van der Waals surface area (Å²) in [6.45, 7) is 7.67. The Morgan fingerprint density at radius 1 is 1.18 bits per heavy atom. The molecule has 6 rings (SSSR count). The van der Waals surface area contributed by atoms with E-state index in [0.29, 0.717) is 35.0 Å². The monoisotopic (exact) mass is 608 g/mol. The first-order chi connectivity index (χ1) is 21.3. The minimum Gasteiger partial charge on any atom is -0.495 e. The predicted molar refractivity (Wildman–Crippen MR) is 184 cm³/mol. The zero-order valence-corrected chi connectivity index (χ0v) is 26.6. The second kappa shape index (κ2) is 12.8. The van der Waals surface area contributed by atoms with E-state index < -0.39 is 0 Å². The summed E-state index contributed by atoms with van der Waals surface area (Å²) in [4.78, 5) is 20.3. The highest BCUT2D eigenvalue weighted by atomic mass is 32.1. The summed E-state index contributed by atoms with van der Waals surface area (Å²) in [6, 6.07) is 16.8. The highest BCUT2D eigenvalue weighted by Gasteiger charge is 2.20. The molecule has 1 aliphatic rings. The van der Waals surface area contributed by atoms with E-state index in [4.69, 9.17) is 10.5 Å². The first kappa shape index (κ1) is 29.9. The lowest BCUT2D eigenvalue weighted by Crippen LogP contribution is -2.45. The van der Waals surface area contributed by atoms with Gasteiger partial charge in [-0.1, -0.05) is 36.4 Å². The molecule has 4 N–H and O–H groups in total. The number of rotatable bonds is 9. The molecule has 0 radical (unpaired) electrons. The van der Waals surface area contributed by atoms with E-state index in [1.807, 2.05) is 66.3 Å². The second-order valence-electron chi connectivity index (χ2n) is 11.7. The molecule has 0 unspecified atom stereocenters. The lowest BCUT2D eigenvalue weighted by molar-refractivity contribution is 0.101. The first-order valence-electron chi connectivity index (χ1n) is 15.2. The summed E-state index contributed by atoms with van der Waals surface area (Å²) in [7, 11) is 3.51. The van der Waals surface area contributed by atoms with E-state index in [-0.39, 0.29) is 5.91 Å². The van der Waals surface area contributed by atoms with E-state index in [1.165, 1.54) is 12.8 Å². The molecular formula is C35H40N6O2S. The van der Waals surface area contributed by atoms with Crippen molar-refractivity contribution in [1.29, 1.82) is 0 Å². The van der Waals surface area contributed by atoms with Crippen LogP contribution in [0.5, 0.6) is 5.75 Å². The maximum absolute atomic E-state index is 13.3. The van der Waals surface area contributed by atoms with Crippen LogP contribution < -0.4 is 21.1 Å². The lowest BCUT2D eigenvalue weighted by Gasteiger charge is -2.34. The van der Waals surface area contributed by atoms with Crippen molar-refractivity contribution in [2.24, 2.45) is 7.05 Å². The van der Waals surface area contributed by atoms with Crippen LogP contribution in [0.15, 0.2) is 66.2 Å². The number of likely N-dealkylation sites (tertiary alicyclic amines) is 1. The molecule has 4 heterocycles. The van der Waals surface area contributed by atoms with Gasteiger partial charge in [-0.3, -0.25) is 4.79 Å². The molecular weight excluding hydrogens is 568 g/mol. The average molecular weight is 609 g/mol. The largest absolute Gasteiger partial charge is 0.495 e. The van der Waals surface area contributed by atoms with E-state index in [9.17, 15) is 4.79 Å². The van der Waals surface area contributed by atoms with E-state index in [0.717, 1.165) is 57.3 Å². The number of fused-ring (bicyclic) bond motifs is 2. The third-order valence-corrected chi connectivity index (χ3v) is 9.71. The highest BCUT2D eigenvalue weighted by molar-refractivity contribution is 7.18. The number of para-hydroxylation sites is 1. The lowest BCUT2D eigenvalue weighted by atomic mass is 10.0. The Bertz CT molecular complexity index is 1830. The average Bonchev–Trinajstić information content (AvgIpc) is 3.63. The fourth-order valence-corrected chi connectivity index (χ4v) is 7.19. The van der Waals surface area contributed by atoms with Crippen LogP contribution in [0.25, 0.3) is 38.2 Å². The van der Waals surface area contributed by atoms with Gasteiger partial charge in [0.1, 0.15) is 17.3 Å². The van der Waals surface area contributed by atoms with Gasteiger partial charge in [-0.25, -0.2) is 4.98 Å². The first-order valence-corrected chi connectivity index (χ1v) is 16.1. The van der Waals surface area contributed by atoms with Crippen molar-refractivity contribution in [2.45, 2.75) is 38.8 Å². The number of piperidine rings is 1. The third-order valence-electron chi connectivity index (χ3n) is 8.68. The third kappa shape index (κ3) is 5.95. The van der Waals surface area contributed by atoms with Crippen molar-refractivity contribution < 1.29 is 9.53 Å². The molecule has 0 saturated carbocycles. The molecule has 8 nitrogen and oxygen atoms in total. The number of nitrogen functional groups attached to an aromatic ring is 1. The number of hydrogen-bond acceptors (Lipinski definition) is 7. The van der Waals surface area contributed by atoms with Crippen molar-refractivity contribution >= 4 is 55.8 Å². The number of thiophene rings is 1. The van der Waals surface area contributed by atoms with Crippen LogP contribution >= 0.6 is 11.3 Å². The van der Waals surface area contributed by atoms with Crippen LogP contribution in [-0.2, 0) is 7.05 Å². The second-order valence-corrected chi connectivity index (χ2v) is 12.6. The Labute approximate surface area is 262 Å². The molecule has 228 valence electrons. The standard InChI is InChI=1S/C35H40N6O2S/c1-22(2)41-16-13-26(14-17-41)37-15-7-9-25-20-38-34(36)32-27(21-44-33(25)32)23-11-12-28(31(19-23)43-4)39-35(42)30-18-24-8-5-6-10-29(24)40(30)3/h5-12,18-22,26,37H,13-17H2,1-4H3,(H2,36,38)(H,39,42). The molecule has 44 heavy (non-hydrogen) atoms. The van der Waals surface area contributed by atoms with E-state index in [2.05, 4.69) is 51.9 Å².